The molecule has 0 unspecified atom stereocenters. The molecule has 0 bridgehead atoms. The SMILES string of the molecule is Cc1csc(=O)n1CCN1CCC[C@H](C(=O)N2CCOCC2)C1. The number of piperidine rings is 1. The lowest BCUT2D eigenvalue weighted by Gasteiger charge is -2.36. The van der Waals surface area contributed by atoms with E-state index in [1.165, 1.54) is 11.3 Å². The molecular formula is C16H25N3O3S. The third-order valence-electron chi connectivity index (χ3n) is 4.79. The fraction of sp³-hybridized carbons (Fsp3) is 0.750. The highest BCUT2D eigenvalue weighted by Crippen LogP contribution is 2.19. The van der Waals surface area contributed by atoms with Crippen molar-refractivity contribution in [3.05, 3.63) is 20.7 Å². The van der Waals surface area contributed by atoms with Gasteiger partial charge in [-0.15, -0.1) is 0 Å². The topological polar surface area (TPSA) is 54.8 Å². The number of thiazole rings is 1. The third kappa shape index (κ3) is 4.02. The average Bonchev–Trinajstić information content (AvgIpc) is 2.91. The number of carbonyl (C=O) groups excluding carboxylic acids is 1. The Morgan fingerprint density at radius 2 is 2.09 bits per heavy atom. The highest BCUT2D eigenvalue weighted by molar-refractivity contribution is 7.07. The van der Waals surface area contributed by atoms with Crippen LogP contribution in [0.3, 0.4) is 0 Å². The maximum absolute atomic E-state index is 12.6. The number of nitrogens with zero attached hydrogens (tertiary/aromatic N) is 3. The van der Waals surface area contributed by atoms with Crippen molar-refractivity contribution in [2.45, 2.75) is 26.3 Å². The number of hydrogen-bond donors (Lipinski definition) is 0. The van der Waals surface area contributed by atoms with Gasteiger partial charge in [-0.25, -0.2) is 0 Å². The van der Waals surface area contributed by atoms with Gasteiger partial charge in [-0.3, -0.25) is 9.59 Å². The van der Waals surface area contributed by atoms with Gasteiger partial charge < -0.3 is 19.1 Å². The van der Waals surface area contributed by atoms with Gasteiger partial charge >= 0.3 is 4.87 Å². The van der Waals surface area contributed by atoms with Crippen LogP contribution in [0.1, 0.15) is 18.5 Å². The van der Waals surface area contributed by atoms with Crippen molar-refractivity contribution in [2.75, 3.05) is 45.9 Å². The summed E-state index contributed by atoms with van der Waals surface area (Å²) < 4.78 is 7.16. The molecule has 1 amide bonds. The fourth-order valence-corrected chi connectivity index (χ4v) is 4.18. The smallest absolute Gasteiger partial charge is 0.307 e. The van der Waals surface area contributed by atoms with E-state index in [0.717, 1.165) is 51.3 Å². The first-order valence-electron chi connectivity index (χ1n) is 8.39. The Labute approximate surface area is 140 Å². The number of rotatable bonds is 4. The monoisotopic (exact) mass is 339 g/mol. The van der Waals surface area contributed by atoms with Crippen molar-refractivity contribution in [2.24, 2.45) is 5.92 Å². The second kappa shape index (κ2) is 7.59. The molecule has 23 heavy (non-hydrogen) atoms. The van der Waals surface area contributed by atoms with Crippen LogP contribution >= 0.6 is 11.3 Å². The zero-order valence-corrected chi connectivity index (χ0v) is 14.5. The highest BCUT2D eigenvalue weighted by Gasteiger charge is 2.29. The maximum atomic E-state index is 12.6. The van der Waals surface area contributed by atoms with Crippen LogP contribution in [0.15, 0.2) is 10.2 Å². The van der Waals surface area contributed by atoms with E-state index in [1.807, 2.05) is 21.8 Å². The summed E-state index contributed by atoms with van der Waals surface area (Å²) >= 11 is 1.26. The lowest BCUT2D eigenvalue weighted by Crippen LogP contribution is -2.48. The van der Waals surface area contributed by atoms with Crippen molar-refractivity contribution < 1.29 is 9.53 Å². The Balaban J connectivity index is 1.53. The average molecular weight is 339 g/mol. The predicted molar refractivity (Wildman–Crippen MR) is 89.9 cm³/mol. The summed E-state index contributed by atoms with van der Waals surface area (Å²) in [7, 11) is 0. The lowest BCUT2D eigenvalue weighted by atomic mass is 9.96. The molecule has 1 aromatic heterocycles. The molecule has 2 saturated heterocycles. The van der Waals surface area contributed by atoms with Gasteiger partial charge in [0.05, 0.1) is 19.1 Å². The molecule has 0 radical (unpaired) electrons. The van der Waals surface area contributed by atoms with Gasteiger partial charge in [0, 0.05) is 43.8 Å². The molecule has 6 nitrogen and oxygen atoms in total. The number of aryl methyl sites for hydroxylation is 1. The Kier molecular flexibility index (Phi) is 5.50. The first kappa shape index (κ1) is 16.7. The number of morpholine rings is 1. The standard InChI is InChI=1S/C16H25N3O3S/c1-13-12-23-16(21)19(13)6-5-17-4-2-3-14(11-17)15(20)18-7-9-22-10-8-18/h12,14H,2-11H2,1H3/t14-/m0/s1. The number of hydrogen-bond acceptors (Lipinski definition) is 5. The Bertz CT molecular complexity index is 592. The van der Waals surface area contributed by atoms with E-state index in [9.17, 15) is 9.59 Å². The van der Waals surface area contributed by atoms with Crippen LogP contribution in [0.4, 0.5) is 0 Å². The summed E-state index contributed by atoms with van der Waals surface area (Å²) in [6.07, 6.45) is 2.03. The Morgan fingerprint density at radius 3 is 2.78 bits per heavy atom. The van der Waals surface area contributed by atoms with E-state index >= 15 is 0 Å². The molecular weight excluding hydrogens is 314 g/mol. The predicted octanol–water partition coefficient (Wildman–Crippen LogP) is 0.789. The molecule has 0 N–H and O–H groups in total. The largest absolute Gasteiger partial charge is 0.378 e. The molecule has 3 rings (SSSR count). The van der Waals surface area contributed by atoms with Crippen molar-refractivity contribution in [1.82, 2.24) is 14.4 Å². The normalized spacial score (nSPS) is 23.2. The van der Waals surface area contributed by atoms with Gasteiger partial charge in [0.15, 0.2) is 0 Å². The molecule has 2 aliphatic heterocycles. The molecule has 0 aromatic carbocycles. The van der Waals surface area contributed by atoms with Crippen molar-refractivity contribution >= 4 is 17.2 Å². The second-order valence-electron chi connectivity index (χ2n) is 6.37. The zero-order chi connectivity index (χ0) is 16.2. The van der Waals surface area contributed by atoms with Crippen LogP contribution in [-0.4, -0.2) is 66.2 Å². The molecule has 0 spiro atoms. The Morgan fingerprint density at radius 1 is 1.30 bits per heavy atom. The van der Waals surface area contributed by atoms with E-state index < -0.39 is 0 Å². The quantitative estimate of drug-likeness (QED) is 0.814. The second-order valence-corrected chi connectivity index (χ2v) is 7.19. The third-order valence-corrected chi connectivity index (χ3v) is 5.67. The minimum Gasteiger partial charge on any atom is -0.378 e. The molecule has 128 valence electrons. The fourth-order valence-electron chi connectivity index (χ4n) is 3.42. The first-order valence-corrected chi connectivity index (χ1v) is 9.27. The van der Waals surface area contributed by atoms with Crippen molar-refractivity contribution in [3.63, 3.8) is 0 Å². The van der Waals surface area contributed by atoms with Gasteiger partial charge in [0.2, 0.25) is 5.91 Å². The van der Waals surface area contributed by atoms with Crippen molar-refractivity contribution in [3.8, 4) is 0 Å². The number of aromatic nitrogens is 1. The van der Waals surface area contributed by atoms with E-state index in [2.05, 4.69) is 4.90 Å². The molecule has 2 aliphatic rings. The summed E-state index contributed by atoms with van der Waals surface area (Å²) in [5.41, 5.74) is 1.03. The van der Waals surface area contributed by atoms with E-state index in [-0.39, 0.29) is 16.7 Å². The van der Waals surface area contributed by atoms with E-state index in [4.69, 9.17) is 4.74 Å². The molecule has 1 atom stereocenters. The summed E-state index contributed by atoms with van der Waals surface area (Å²) in [6, 6.07) is 0. The molecule has 3 heterocycles. The molecule has 1 aromatic rings. The summed E-state index contributed by atoms with van der Waals surface area (Å²) in [5, 5.41) is 1.91. The Hall–Kier alpha value is -1.18. The van der Waals surface area contributed by atoms with Crippen LogP contribution in [0, 0.1) is 12.8 Å². The molecule has 0 aliphatic carbocycles. The molecule has 0 saturated carbocycles. The van der Waals surface area contributed by atoms with Crippen LogP contribution in [0.25, 0.3) is 0 Å². The number of carbonyl (C=O) groups is 1. The van der Waals surface area contributed by atoms with Crippen LogP contribution in [-0.2, 0) is 16.1 Å². The number of likely N-dealkylation sites (tertiary alicyclic amines) is 1. The van der Waals surface area contributed by atoms with Crippen LogP contribution in [0.5, 0.6) is 0 Å². The maximum Gasteiger partial charge on any atom is 0.307 e. The number of amides is 1. The summed E-state index contributed by atoms with van der Waals surface area (Å²) in [5.74, 6) is 0.379. The number of ether oxygens (including phenoxy) is 1. The minimum atomic E-state index is 0.0992. The van der Waals surface area contributed by atoms with Gasteiger partial charge in [-0.2, -0.15) is 0 Å². The van der Waals surface area contributed by atoms with Gasteiger partial charge in [-0.1, -0.05) is 11.3 Å². The lowest BCUT2D eigenvalue weighted by molar-refractivity contribution is -0.141. The van der Waals surface area contributed by atoms with E-state index in [0.29, 0.717) is 19.8 Å². The molecule has 2 fully saturated rings. The van der Waals surface area contributed by atoms with Crippen LogP contribution in [0.2, 0.25) is 0 Å². The van der Waals surface area contributed by atoms with Gasteiger partial charge in [0.1, 0.15) is 0 Å². The highest BCUT2D eigenvalue weighted by atomic mass is 32.1. The van der Waals surface area contributed by atoms with Crippen molar-refractivity contribution in [1.29, 1.82) is 0 Å². The first-order chi connectivity index (χ1) is 11.1. The zero-order valence-electron chi connectivity index (χ0n) is 13.7. The summed E-state index contributed by atoms with van der Waals surface area (Å²) in [4.78, 5) is 28.8. The molecule has 7 heteroatoms. The summed E-state index contributed by atoms with van der Waals surface area (Å²) in [6.45, 7) is 8.11. The van der Waals surface area contributed by atoms with E-state index in [1.54, 1.807) is 0 Å². The van der Waals surface area contributed by atoms with Gasteiger partial charge in [-0.05, 0) is 26.3 Å². The van der Waals surface area contributed by atoms with Gasteiger partial charge in [0.25, 0.3) is 0 Å². The minimum absolute atomic E-state index is 0.0992. The van der Waals surface area contributed by atoms with Crippen LogP contribution < -0.4 is 4.87 Å².